The highest BCUT2D eigenvalue weighted by Gasteiger charge is 2.13. The highest BCUT2D eigenvalue weighted by molar-refractivity contribution is 5.95. The molecule has 0 atom stereocenters. The van der Waals surface area contributed by atoms with E-state index in [1.54, 1.807) is 24.3 Å². The van der Waals surface area contributed by atoms with Crippen LogP contribution in [0.25, 0.3) is 0 Å². The molecule has 0 bridgehead atoms. The Morgan fingerprint density at radius 1 is 0.962 bits per heavy atom. The van der Waals surface area contributed by atoms with Gasteiger partial charge in [-0.05, 0) is 41.3 Å². The molecule has 0 aliphatic heterocycles. The van der Waals surface area contributed by atoms with E-state index in [0.29, 0.717) is 17.1 Å². The predicted octanol–water partition coefficient (Wildman–Crippen LogP) is 2.83. The van der Waals surface area contributed by atoms with Gasteiger partial charge in [0.2, 0.25) is 0 Å². The summed E-state index contributed by atoms with van der Waals surface area (Å²) in [7, 11) is 1.52. The molecular weight excluding hydrogens is 332 g/mol. The molecule has 0 aromatic heterocycles. The molecule has 2 aromatic carbocycles. The molecule has 0 spiro atoms. The minimum absolute atomic E-state index is 0.0559. The zero-order chi connectivity index (χ0) is 19.2. The number of methoxy groups -OCH3 is 1. The van der Waals surface area contributed by atoms with E-state index in [1.807, 2.05) is 24.3 Å². The summed E-state index contributed by atoms with van der Waals surface area (Å²) in [6.07, 6.45) is 0. The number of benzene rings is 2. The van der Waals surface area contributed by atoms with Gasteiger partial charge in [-0.15, -0.1) is 0 Å². The molecule has 2 amide bonds. The summed E-state index contributed by atoms with van der Waals surface area (Å²) in [5.74, 6) is 0.256. The van der Waals surface area contributed by atoms with Crippen LogP contribution in [0.15, 0.2) is 48.5 Å². The number of amides is 2. The number of hydrogen-bond donors (Lipinski definition) is 2. The molecule has 2 aromatic rings. The minimum atomic E-state index is -0.457. The van der Waals surface area contributed by atoms with Crippen LogP contribution in [0.5, 0.6) is 11.5 Å². The first-order chi connectivity index (χ1) is 12.3. The summed E-state index contributed by atoms with van der Waals surface area (Å²) >= 11 is 0. The molecule has 138 valence electrons. The third kappa shape index (κ3) is 5.51. The average molecular weight is 356 g/mol. The van der Waals surface area contributed by atoms with Crippen molar-refractivity contribution in [2.24, 2.45) is 0 Å². The van der Waals surface area contributed by atoms with Crippen molar-refractivity contribution >= 4 is 11.8 Å². The summed E-state index contributed by atoms with van der Waals surface area (Å²) in [4.78, 5) is 23.8. The summed E-state index contributed by atoms with van der Waals surface area (Å²) in [5.41, 5.74) is 6.28. The molecule has 0 saturated heterocycles. The highest BCUT2D eigenvalue weighted by Crippen LogP contribution is 2.24. The summed E-state index contributed by atoms with van der Waals surface area (Å²) in [6, 6.07) is 14.2. The third-order valence-corrected chi connectivity index (χ3v) is 3.74. The lowest BCUT2D eigenvalue weighted by Gasteiger charge is -2.19. The quantitative estimate of drug-likeness (QED) is 0.808. The van der Waals surface area contributed by atoms with Crippen LogP contribution in [0.1, 0.15) is 36.7 Å². The lowest BCUT2D eigenvalue weighted by Crippen LogP contribution is -2.43. The van der Waals surface area contributed by atoms with Gasteiger partial charge in [-0.1, -0.05) is 39.0 Å². The van der Waals surface area contributed by atoms with Gasteiger partial charge in [-0.3, -0.25) is 20.4 Å². The standard InChI is InChI=1S/C20H24N2O4/c1-20(2,3)15-8-10-16(11-9-15)26-13-18(23)21-22-19(24)14-6-5-7-17(12-14)25-4/h5-12H,13H2,1-4H3,(H,21,23)(H,22,24). The Labute approximate surface area is 153 Å². The zero-order valence-corrected chi connectivity index (χ0v) is 15.5. The van der Waals surface area contributed by atoms with E-state index in [-0.39, 0.29) is 12.0 Å². The second kappa shape index (κ2) is 8.38. The first-order valence-corrected chi connectivity index (χ1v) is 8.26. The van der Waals surface area contributed by atoms with Crippen molar-refractivity contribution in [3.05, 3.63) is 59.7 Å². The normalized spacial score (nSPS) is 10.8. The Morgan fingerprint density at radius 2 is 1.65 bits per heavy atom. The van der Waals surface area contributed by atoms with Crippen molar-refractivity contribution in [2.75, 3.05) is 13.7 Å². The highest BCUT2D eigenvalue weighted by atomic mass is 16.5. The van der Waals surface area contributed by atoms with Gasteiger partial charge in [0, 0.05) is 5.56 Å². The van der Waals surface area contributed by atoms with E-state index in [1.165, 1.54) is 12.7 Å². The summed E-state index contributed by atoms with van der Waals surface area (Å²) in [5, 5.41) is 0. The van der Waals surface area contributed by atoms with Gasteiger partial charge in [0.1, 0.15) is 11.5 Å². The second-order valence-electron chi connectivity index (χ2n) is 6.80. The first kappa shape index (κ1) is 19.3. The molecule has 0 aliphatic carbocycles. The van der Waals surface area contributed by atoms with Crippen molar-refractivity contribution in [3.63, 3.8) is 0 Å². The van der Waals surface area contributed by atoms with E-state index in [0.717, 1.165) is 0 Å². The molecule has 2 rings (SSSR count). The molecule has 6 nitrogen and oxygen atoms in total. The molecule has 26 heavy (non-hydrogen) atoms. The smallest absolute Gasteiger partial charge is 0.276 e. The molecule has 0 aliphatic rings. The van der Waals surface area contributed by atoms with E-state index < -0.39 is 11.8 Å². The number of ether oxygens (including phenoxy) is 2. The van der Waals surface area contributed by atoms with Gasteiger partial charge < -0.3 is 9.47 Å². The van der Waals surface area contributed by atoms with Crippen LogP contribution in [0, 0.1) is 0 Å². The third-order valence-electron chi connectivity index (χ3n) is 3.74. The Balaban J connectivity index is 1.80. The number of carbonyl (C=O) groups is 2. The van der Waals surface area contributed by atoms with Crippen LogP contribution >= 0.6 is 0 Å². The topological polar surface area (TPSA) is 76.7 Å². The maximum absolute atomic E-state index is 12.0. The molecule has 6 heteroatoms. The molecule has 0 fully saturated rings. The number of hydrogen-bond acceptors (Lipinski definition) is 4. The Bertz CT molecular complexity index is 764. The van der Waals surface area contributed by atoms with Crippen molar-refractivity contribution in [1.82, 2.24) is 10.9 Å². The van der Waals surface area contributed by atoms with Crippen molar-refractivity contribution in [1.29, 1.82) is 0 Å². The number of nitrogens with one attached hydrogen (secondary N) is 2. The van der Waals surface area contributed by atoms with Gasteiger partial charge in [0.25, 0.3) is 11.8 Å². The van der Waals surface area contributed by atoms with Crippen LogP contribution in [-0.2, 0) is 10.2 Å². The molecule has 0 unspecified atom stereocenters. The lowest BCUT2D eigenvalue weighted by atomic mass is 9.87. The van der Waals surface area contributed by atoms with E-state index in [4.69, 9.17) is 9.47 Å². The Kier molecular flexibility index (Phi) is 6.22. The van der Waals surface area contributed by atoms with Gasteiger partial charge in [-0.2, -0.15) is 0 Å². The Morgan fingerprint density at radius 3 is 2.27 bits per heavy atom. The van der Waals surface area contributed by atoms with Crippen LogP contribution in [0.4, 0.5) is 0 Å². The largest absolute Gasteiger partial charge is 0.497 e. The molecule has 0 saturated carbocycles. The summed E-state index contributed by atoms with van der Waals surface area (Å²) < 4.78 is 10.5. The van der Waals surface area contributed by atoms with Crippen molar-refractivity contribution in [3.8, 4) is 11.5 Å². The SMILES string of the molecule is COc1cccc(C(=O)NNC(=O)COc2ccc(C(C)(C)C)cc2)c1. The monoisotopic (exact) mass is 356 g/mol. The number of hydrazine groups is 1. The van der Waals surface area contributed by atoms with Gasteiger partial charge >= 0.3 is 0 Å². The fourth-order valence-electron chi connectivity index (χ4n) is 2.20. The lowest BCUT2D eigenvalue weighted by molar-refractivity contribution is -0.123. The first-order valence-electron chi connectivity index (χ1n) is 8.26. The molecule has 0 heterocycles. The average Bonchev–Trinajstić information content (AvgIpc) is 2.64. The fraction of sp³-hybridized carbons (Fsp3) is 0.300. The number of rotatable bonds is 5. The minimum Gasteiger partial charge on any atom is -0.497 e. The van der Waals surface area contributed by atoms with Gasteiger partial charge in [0.15, 0.2) is 6.61 Å². The van der Waals surface area contributed by atoms with Crippen LogP contribution in [0.2, 0.25) is 0 Å². The molecule has 2 N–H and O–H groups in total. The zero-order valence-electron chi connectivity index (χ0n) is 15.5. The van der Waals surface area contributed by atoms with E-state index in [2.05, 4.69) is 31.6 Å². The van der Waals surface area contributed by atoms with Crippen LogP contribution in [0.3, 0.4) is 0 Å². The number of carbonyl (C=O) groups excluding carboxylic acids is 2. The van der Waals surface area contributed by atoms with Crippen LogP contribution < -0.4 is 20.3 Å². The fourth-order valence-corrected chi connectivity index (χ4v) is 2.20. The van der Waals surface area contributed by atoms with Gasteiger partial charge in [0.05, 0.1) is 7.11 Å². The molecule has 0 radical (unpaired) electrons. The maximum Gasteiger partial charge on any atom is 0.276 e. The van der Waals surface area contributed by atoms with Gasteiger partial charge in [-0.25, -0.2) is 0 Å². The van der Waals surface area contributed by atoms with Crippen LogP contribution in [-0.4, -0.2) is 25.5 Å². The predicted molar refractivity (Wildman–Crippen MR) is 99.2 cm³/mol. The van der Waals surface area contributed by atoms with Crippen molar-refractivity contribution in [2.45, 2.75) is 26.2 Å². The van der Waals surface area contributed by atoms with E-state index >= 15 is 0 Å². The second-order valence-corrected chi connectivity index (χ2v) is 6.80. The van der Waals surface area contributed by atoms with Crippen molar-refractivity contribution < 1.29 is 19.1 Å². The Hall–Kier alpha value is -3.02. The van der Waals surface area contributed by atoms with E-state index in [9.17, 15) is 9.59 Å². The molecular formula is C20H24N2O4. The summed E-state index contributed by atoms with van der Waals surface area (Å²) in [6.45, 7) is 6.18. The maximum atomic E-state index is 12.0.